The highest BCUT2D eigenvalue weighted by atomic mass is 19.2. The summed E-state index contributed by atoms with van der Waals surface area (Å²) in [5.41, 5.74) is 0.0916. The molecule has 1 aliphatic rings. The number of epoxide rings is 1. The summed E-state index contributed by atoms with van der Waals surface area (Å²) in [5.74, 6) is -2.96. The average Bonchev–Trinajstić information content (AvgIpc) is 2.79. The maximum absolute atomic E-state index is 12.8. The Kier molecular flexibility index (Phi) is 1.58. The molecule has 0 amide bonds. The lowest BCUT2D eigenvalue weighted by Gasteiger charge is -1.99. The Balaban J connectivity index is 2.47. The van der Waals surface area contributed by atoms with E-state index in [-0.39, 0.29) is 11.7 Å². The highest BCUT2D eigenvalue weighted by Gasteiger charge is 2.29. The van der Waals surface area contributed by atoms with Crippen LogP contribution in [0.1, 0.15) is 11.7 Å². The second-order valence-electron chi connectivity index (χ2n) is 2.61. The van der Waals surface area contributed by atoms with Gasteiger partial charge < -0.3 is 4.74 Å². The Bertz CT molecular complexity index is 320. The number of rotatable bonds is 1. The van der Waals surface area contributed by atoms with Gasteiger partial charge in [0, 0.05) is 11.6 Å². The van der Waals surface area contributed by atoms with Crippen molar-refractivity contribution in [1.29, 1.82) is 0 Å². The van der Waals surface area contributed by atoms with E-state index in [0.29, 0.717) is 12.7 Å². The lowest BCUT2D eigenvalue weighted by Crippen LogP contribution is -1.93. The first-order valence-corrected chi connectivity index (χ1v) is 3.44. The molecule has 1 fully saturated rings. The van der Waals surface area contributed by atoms with Crippen molar-refractivity contribution in [3.05, 3.63) is 35.1 Å². The molecule has 1 aromatic rings. The van der Waals surface area contributed by atoms with Crippen LogP contribution >= 0.6 is 0 Å². The van der Waals surface area contributed by atoms with Gasteiger partial charge >= 0.3 is 0 Å². The van der Waals surface area contributed by atoms with E-state index in [9.17, 15) is 13.2 Å². The van der Waals surface area contributed by atoms with E-state index in [4.69, 9.17) is 4.74 Å². The van der Waals surface area contributed by atoms with Crippen molar-refractivity contribution in [2.24, 2.45) is 0 Å². The number of halogens is 3. The largest absolute Gasteiger partial charge is 0.368 e. The van der Waals surface area contributed by atoms with E-state index in [2.05, 4.69) is 0 Å². The summed E-state index contributed by atoms with van der Waals surface area (Å²) in [4.78, 5) is 0. The quantitative estimate of drug-likeness (QED) is 0.469. The lowest BCUT2D eigenvalue weighted by molar-refractivity contribution is 0.403. The average molecular weight is 174 g/mol. The molecule has 0 spiro atoms. The fourth-order valence-electron chi connectivity index (χ4n) is 1.01. The third-order valence-corrected chi connectivity index (χ3v) is 1.72. The van der Waals surface area contributed by atoms with Gasteiger partial charge in [0.2, 0.25) is 0 Å². The fraction of sp³-hybridized carbons (Fsp3) is 0.250. The van der Waals surface area contributed by atoms with E-state index in [1.165, 1.54) is 0 Å². The Morgan fingerprint density at radius 1 is 1.08 bits per heavy atom. The Morgan fingerprint density at radius 2 is 1.67 bits per heavy atom. The topological polar surface area (TPSA) is 12.5 Å². The predicted molar refractivity (Wildman–Crippen MR) is 35.0 cm³/mol. The van der Waals surface area contributed by atoms with Crippen LogP contribution in [0.5, 0.6) is 0 Å². The summed E-state index contributed by atoms with van der Waals surface area (Å²) >= 11 is 0. The first kappa shape index (κ1) is 7.61. The molecule has 0 aliphatic carbocycles. The van der Waals surface area contributed by atoms with E-state index in [1.807, 2.05) is 0 Å². The molecule has 1 heterocycles. The van der Waals surface area contributed by atoms with Crippen molar-refractivity contribution in [1.82, 2.24) is 0 Å². The SMILES string of the molecule is Fc1cc(F)c([C@@H]2CO2)cc1F. The van der Waals surface area contributed by atoms with Crippen LogP contribution in [0.25, 0.3) is 0 Å². The van der Waals surface area contributed by atoms with Crippen LogP contribution in [0.3, 0.4) is 0 Å². The molecule has 1 aromatic carbocycles. The first-order valence-electron chi connectivity index (χ1n) is 3.44. The van der Waals surface area contributed by atoms with Crippen LogP contribution in [-0.4, -0.2) is 6.61 Å². The zero-order valence-corrected chi connectivity index (χ0v) is 5.98. The summed E-state index contributed by atoms with van der Waals surface area (Å²) in [6.07, 6.45) is -0.389. The van der Waals surface area contributed by atoms with Crippen molar-refractivity contribution in [2.45, 2.75) is 6.10 Å². The fourth-order valence-corrected chi connectivity index (χ4v) is 1.01. The monoisotopic (exact) mass is 174 g/mol. The molecule has 1 saturated heterocycles. The van der Waals surface area contributed by atoms with Crippen LogP contribution in [0.15, 0.2) is 12.1 Å². The molecule has 12 heavy (non-hydrogen) atoms. The molecule has 4 heteroatoms. The molecule has 1 aliphatic heterocycles. The van der Waals surface area contributed by atoms with E-state index < -0.39 is 17.5 Å². The summed E-state index contributed by atoms with van der Waals surface area (Å²) < 4.78 is 42.5. The van der Waals surface area contributed by atoms with Gasteiger partial charge in [0.25, 0.3) is 0 Å². The molecule has 1 atom stereocenters. The molecule has 0 radical (unpaired) electrons. The molecule has 0 N–H and O–H groups in total. The van der Waals surface area contributed by atoms with E-state index in [1.54, 1.807) is 0 Å². The van der Waals surface area contributed by atoms with Gasteiger partial charge in [0.1, 0.15) is 11.9 Å². The highest BCUT2D eigenvalue weighted by molar-refractivity contribution is 5.24. The second kappa shape index (κ2) is 2.48. The Hall–Kier alpha value is -1.03. The first-order chi connectivity index (χ1) is 5.68. The maximum atomic E-state index is 12.8. The van der Waals surface area contributed by atoms with Crippen molar-refractivity contribution in [3.63, 3.8) is 0 Å². The number of hydrogen-bond acceptors (Lipinski definition) is 1. The van der Waals surface area contributed by atoms with Crippen LogP contribution in [0.4, 0.5) is 13.2 Å². The van der Waals surface area contributed by atoms with E-state index in [0.717, 1.165) is 6.07 Å². The minimum absolute atomic E-state index is 0.0916. The third kappa shape index (κ3) is 1.18. The molecule has 0 aromatic heterocycles. The molecular weight excluding hydrogens is 169 g/mol. The highest BCUT2D eigenvalue weighted by Crippen LogP contribution is 2.32. The van der Waals surface area contributed by atoms with Crippen molar-refractivity contribution < 1.29 is 17.9 Å². The van der Waals surface area contributed by atoms with Gasteiger partial charge in [-0.1, -0.05) is 0 Å². The van der Waals surface area contributed by atoms with Gasteiger partial charge in [-0.2, -0.15) is 0 Å². The molecule has 64 valence electrons. The maximum Gasteiger partial charge on any atom is 0.161 e. The third-order valence-electron chi connectivity index (χ3n) is 1.72. The lowest BCUT2D eigenvalue weighted by atomic mass is 10.1. The molecule has 0 saturated carbocycles. The molecule has 1 nitrogen and oxygen atoms in total. The van der Waals surface area contributed by atoms with Crippen molar-refractivity contribution in [2.75, 3.05) is 6.61 Å². The molecule has 0 unspecified atom stereocenters. The number of ether oxygens (including phenoxy) is 1. The number of hydrogen-bond donors (Lipinski definition) is 0. The summed E-state index contributed by atoms with van der Waals surface area (Å²) in [7, 11) is 0. The van der Waals surface area contributed by atoms with Gasteiger partial charge in [-0.3, -0.25) is 0 Å². The van der Waals surface area contributed by atoms with Gasteiger partial charge in [-0.05, 0) is 6.07 Å². The molecule has 2 rings (SSSR count). The van der Waals surface area contributed by atoms with Gasteiger partial charge in [-0.25, -0.2) is 13.2 Å². The Morgan fingerprint density at radius 3 is 2.25 bits per heavy atom. The normalized spacial score (nSPS) is 21.1. The molecular formula is C8H5F3O. The summed E-state index contributed by atoms with van der Waals surface area (Å²) in [5, 5.41) is 0. The van der Waals surface area contributed by atoms with Gasteiger partial charge in [0.15, 0.2) is 11.6 Å². The second-order valence-corrected chi connectivity index (χ2v) is 2.61. The minimum atomic E-state index is -1.17. The molecule has 0 bridgehead atoms. The smallest absolute Gasteiger partial charge is 0.161 e. The van der Waals surface area contributed by atoms with Gasteiger partial charge in [-0.15, -0.1) is 0 Å². The van der Waals surface area contributed by atoms with Crippen molar-refractivity contribution >= 4 is 0 Å². The van der Waals surface area contributed by atoms with Gasteiger partial charge in [0.05, 0.1) is 6.61 Å². The Labute approximate surface area is 66.8 Å². The van der Waals surface area contributed by atoms with Crippen LogP contribution in [0.2, 0.25) is 0 Å². The van der Waals surface area contributed by atoms with E-state index >= 15 is 0 Å². The zero-order chi connectivity index (χ0) is 8.72. The minimum Gasteiger partial charge on any atom is -0.368 e. The van der Waals surface area contributed by atoms with Crippen LogP contribution < -0.4 is 0 Å². The van der Waals surface area contributed by atoms with Crippen LogP contribution in [-0.2, 0) is 4.74 Å². The predicted octanol–water partition coefficient (Wildman–Crippen LogP) is 2.18. The standard InChI is InChI=1S/C8H5F3O/c9-5-2-7(11)6(10)1-4(5)8-3-12-8/h1-2,8H,3H2/t8-/m0/s1. The summed E-state index contributed by atoms with van der Waals surface area (Å²) in [6, 6.07) is 1.37. The number of benzene rings is 1. The van der Waals surface area contributed by atoms with Crippen molar-refractivity contribution in [3.8, 4) is 0 Å². The summed E-state index contributed by atoms with van der Waals surface area (Å²) in [6.45, 7) is 0.377. The van der Waals surface area contributed by atoms with Crippen LogP contribution in [0, 0.1) is 17.5 Å². The zero-order valence-electron chi connectivity index (χ0n) is 5.98.